The Kier molecular flexibility index (Phi) is 19.3. The molecular weight excluding hydrogens is 761 g/mol. The fourth-order valence-electron chi connectivity index (χ4n) is 8.23. The number of unbranched alkanes of at least 4 members (excludes halogenated alkanes) is 1. The molecule has 2 N–H and O–H groups in total. The van der Waals surface area contributed by atoms with Crippen LogP contribution in [-0.2, 0) is 38.0 Å². The number of hydrogen-bond acceptors (Lipinski definition) is 10. The van der Waals surface area contributed by atoms with E-state index < -0.39 is 36.5 Å². The van der Waals surface area contributed by atoms with Gasteiger partial charge in [-0.1, -0.05) is 131 Å². The summed E-state index contributed by atoms with van der Waals surface area (Å²) in [7, 11) is 0. The Balaban J connectivity index is 1.26. The smallest absolute Gasteiger partial charge is 0.331 e. The van der Waals surface area contributed by atoms with Gasteiger partial charge in [0.05, 0.1) is 30.5 Å². The highest BCUT2D eigenvalue weighted by Gasteiger charge is 2.45. The van der Waals surface area contributed by atoms with Gasteiger partial charge >= 0.3 is 11.9 Å². The van der Waals surface area contributed by atoms with Crippen molar-refractivity contribution >= 4 is 11.9 Å². The molecular formula is C50H68O10. The quantitative estimate of drug-likeness (QED) is 0.133. The van der Waals surface area contributed by atoms with Crippen molar-refractivity contribution in [1.29, 1.82) is 0 Å². The minimum Gasteiger partial charge on any atom is -0.461 e. The summed E-state index contributed by atoms with van der Waals surface area (Å²) in [6.07, 6.45) is 36.1. The minimum absolute atomic E-state index is 0.0599. The fourth-order valence-corrected chi connectivity index (χ4v) is 8.23. The topological polar surface area (TPSA) is 130 Å². The van der Waals surface area contributed by atoms with Crippen molar-refractivity contribution in [2.75, 3.05) is 6.61 Å². The Morgan fingerprint density at radius 1 is 0.817 bits per heavy atom. The number of allylic oxidation sites excluding steroid dienone is 7. The van der Waals surface area contributed by atoms with Gasteiger partial charge in [-0.2, -0.15) is 0 Å². The van der Waals surface area contributed by atoms with Crippen LogP contribution in [0.15, 0.2) is 122 Å². The van der Waals surface area contributed by atoms with Gasteiger partial charge in [0.1, 0.15) is 37.1 Å². The van der Waals surface area contributed by atoms with E-state index in [4.69, 9.17) is 28.4 Å². The molecule has 0 spiro atoms. The Bertz CT molecular complexity index is 1670. The zero-order valence-corrected chi connectivity index (χ0v) is 35.9. The lowest BCUT2D eigenvalue weighted by molar-refractivity contribution is -0.148. The maximum atomic E-state index is 13.0. The molecule has 6 aliphatic rings. The van der Waals surface area contributed by atoms with Gasteiger partial charge in [0, 0.05) is 30.8 Å². The number of rotatable bonds is 9. The summed E-state index contributed by atoms with van der Waals surface area (Å²) in [5, 5.41) is 21.8. The maximum Gasteiger partial charge on any atom is 0.331 e. The van der Waals surface area contributed by atoms with Crippen molar-refractivity contribution in [3.8, 4) is 0 Å². The number of aliphatic hydroxyl groups is 2. The molecule has 328 valence electrons. The lowest BCUT2D eigenvalue weighted by Crippen LogP contribution is -2.42. The Morgan fingerprint density at radius 3 is 2.42 bits per heavy atom. The highest BCUT2D eigenvalue weighted by Crippen LogP contribution is 2.38. The highest BCUT2D eigenvalue weighted by molar-refractivity contribution is 5.82. The first-order valence-corrected chi connectivity index (χ1v) is 22.0. The predicted molar refractivity (Wildman–Crippen MR) is 234 cm³/mol. The molecule has 7 bridgehead atoms. The Morgan fingerprint density at radius 2 is 1.58 bits per heavy atom. The first-order chi connectivity index (χ1) is 29.0. The number of carbonyl (C=O) groups excluding carboxylic acids is 2. The van der Waals surface area contributed by atoms with Crippen LogP contribution >= 0.6 is 0 Å². The molecule has 2 saturated heterocycles. The van der Waals surface area contributed by atoms with Crippen LogP contribution in [0.25, 0.3) is 0 Å². The summed E-state index contributed by atoms with van der Waals surface area (Å²) in [4.78, 5) is 24.9. The molecule has 6 rings (SSSR count). The van der Waals surface area contributed by atoms with Gasteiger partial charge < -0.3 is 38.6 Å². The third kappa shape index (κ3) is 14.6. The van der Waals surface area contributed by atoms with Crippen LogP contribution in [0, 0.1) is 17.8 Å². The molecule has 0 aromatic carbocycles. The normalized spacial score (nSPS) is 36.9. The summed E-state index contributed by atoms with van der Waals surface area (Å²) in [5.74, 6) is -0.121. The molecule has 10 heteroatoms. The van der Waals surface area contributed by atoms with Crippen molar-refractivity contribution in [2.24, 2.45) is 17.8 Å². The van der Waals surface area contributed by atoms with Crippen LogP contribution in [0.1, 0.15) is 85.5 Å². The summed E-state index contributed by atoms with van der Waals surface area (Å²) in [6.45, 7) is 12.2. The predicted octanol–water partition coefficient (Wildman–Crippen LogP) is 8.25. The van der Waals surface area contributed by atoms with Gasteiger partial charge in [0.25, 0.3) is 0 Å². The van der Waals surface area contributed by atoms with Crippen molar-refractivity contribution in [3.05, 3.63) is 122 Å². The van der Waals surface area contributed by atoms with E-state index in [9.17, 15) is 19.8 Å². The number of ether oxygens (including phenoxy) is 6. The summed E-state index contributed by atoms with van der Waals surface area (Å²) < 4.78 is 36.8. The van der Waals surface area contributed by atoms with Crippen molar-refractivity contribution in [2.45, 2.75) is 153 Å². The standard InChI is InChI=1S/C50H68O10/c1-6-31-55-47(52)25-17-16-19-34(2)32-36(4)50-44-30-28-38(56-50)20-12-8-7-9-13-21-39(51)49(54)43-29-27-35(3)40(57-43)23-18-24-41-37(5)45-33-46(58-41)42(59-45)22-14-10-11-15-26-48(53)60-44/h6,8,10-15,18,21-22,24,26-30,32,34-35,37-46,49-51,54H,1,7,9,16-17,19-20,23,25,31,33H2,2-5H3/b11-10?,12-8?,21-13-,22-14?,24-18?,26-15+,36-32?. The lowest BCUT2D eigenvalue weighted by Gasteiger charge is -2.34. The van der Waals surface area contributed by atoms with Crippen LogP contribution in [0.5, 0.6) is 0 Å². The van der Waals surface area contributed by atoms with Gasteiger partial charge in [-0.15, -0.1) is 0 Å². The Labute approximate surface area is 357 Å². The van der Waals surface area contributed by atoms with Gasteiger partial charge in [0.2, 0.25) is 0 Å². The van der Waals surface area contributed by atoms with Gasteiger partial charge in [-0.25, -0.2) is 4.79 Å². The SMILES string of the molecule is C=CCOC(=O)CCCCC(C)C=C(C)C1OC2C=CC1OC(=O)/C=C/C=CC=CC1OC3CC1OC(C=CCC1OC(C=CC1C)C(O)C(O)/C=C\CCC=CC2)C3C. The highest BCUT2D eigenvalue weighted by atomic mass is 16.6. The first-order valence-electron chi connectivity index (χ1n) is 22.0. The summed E-state index contributed by atoms with van der Waals surface area (Å²) >= 11 is 0. The number of fused-ring (bicyclic) bond motifs is 13. The number of aliphatic hydroxyl groups excluding tert-OH is 2. The van der Waals surface area contributed by atoms with Crippen LogP contribution in [-0.4, -0.2) is 95.9 Å². The second kappa shape index (κ2) is 24.5. The second-order valence-corrected chi connectivity index (χ2v) is 16.7. The van der Waals surface area contributed by atoms with E-state index in [1.54, 1.807) is 24.3 Å². The van der Waals surface area contributed by atoms with Crippen LogP contribution in [0.2, 0.25) is 0 Å². The second-order valence-electron chi connectivity index (χ2n) is 16.7. The first kappa shape index (κ1) is 47.2. The number of hydrogen-bond donors (Lipinski definition) is 2. The minimum atomic E-state index is -1.09. The third-order valence-electron chi connectivity index (χ3n) is 11.8. The van der Waals surface area contributed by atoms with Crippen LogP contribution in [0.3, 0.4) is 0 Å². The van der Waals surface area contributed by atoms with Crippen LogP contribution < -0.4 is 0 Å². The molecule has 0 aliphatic carbocycles. The number of carbonyl (C=O) groups is 2. The van der Waals surface area contributed by atoms with E-state index in [0.29, 0.717) is 25.7 Å². The van der Waals surface area contributed by atoms with Crippen LogP contribution in [0.4, 0.5) is 0 Å². The molecule has 60 heavy (non-hydrogen) atoms. The molecule has 0 aromatic heterocycles. The van der Waals surface area contributed by atoms with Crippen molar-refractivity contribution < 1.29 is 48.2 Å². The van der Waals surface area contributed by atoms with Crippen molar-refractivity contribution in [3.63, 3.8) is 0 Å². The van der Waals surface area contributed by atoms with Gasteiger partial charge in [-0.3, -0.25) is 4.79 Å². The Hall–Kier alpha value is -3.90. The van der Waals surface area contributed by atoms with Gasteiger partial charge in [0.15, 0.2) is 6.10 Å². The molecule has 0 aromatic rings. The fraction of sp³-hybridized carbons (Fsp3) is 0.560. The zero-order valence-electron chi connectivity index (χ0n) is 35.9. The summed E-state index contributed by atoms with van der Waals surface area (Å²) in [5.41, 5.74) is 0.976. The van der Waals surface area contributed by atoms with E-state index in [-0.39, 0.29) is 67.0 Å². The molecule has 2 fully saturated rings. The molecule has 0 saturated carbocycles. The molecule has 6 heterocycles. The molecule has 10 nitrogen and oxygen atoms in total. The molecule has 0 radical (unpaired) electrons. The third-order valence-corrected chi connectivity index (χ3v) is 11.8. The van der Waals surface area contributed by atoms with E-state index >= 15 is 0 Å². The average molecular weight is 829 g/mol. The maximum absolute atomic E-state index is 13.0. The summed E-state index contributed by atoms with van der Waals surface area (Å²) in [6, 6.07) is 0. The largest absolute Gasteiger partial charge is 0.461 e. The van der Waals surface area contributed by atoms with E-state index in [2.05, 4.69) is 63.8 Å². The zero-order chi connectivity index (χ0) is 42.9. The van der Waals surface area contributed by atoms with Gasteiger partial charge in [-0.05, 0) is 63.0 Å². The monoisotopic (exact) mass is 828 g/mol. The molecule has 6 aliphatic heterocycles. The average Bonchev–Trinajstić information content (AvgIpc) is 3.58. The van der Waals surface area contributed by atoms with E-state index in [1.165, 1.54) is 6.08 Å². The van der Waals surface area contributed by atoms with E-state index in [1.807, 2.05) is 49.5 Å². The molecule has 14 unspecified atom stereocenters. The van der Waals surface area contributed by atoms with E-state index in [0.717, 1.165) is 37.7 Å². The molecule has 14 atom stereocenters. The number of esters is 2. The van der Waals surface area contributed by atoms with Crippen molar-refractivity contribution in [1.82, 2.24) is 0 Å². The molecule has 0 amide bonds. The lowest BCUT2D eigenvalue weighted by atomic mass is 9.90.